The fourth-order valence-electron chi connectivity index (χ4n) is 1.79. The highest BCUT2D eigenvalue weighted by Crippen LogP contribution is 1.94. The maximum atomic E-state index is 11.4. The molecule has 1 heterocycles. The Morgan fingerprint density at radius 2 is 1.88 bits per heavy atom. The quantitative estimate of drug-likeness (QED) is 0.651. The zero-order chi connectivity index (χ0) is 12.3. The Bertz CT molecular complexity index is 206. The van der Waals surface area contributed by atoms with E-state index in [1.165, 1.54) is 12.8 Å². The number of hydrogen-bond acceptors (Lipinski definition) is 3. The lowest BCUT2D eigenvalue weighted by Gasteiger charge is -2.26. The molecule has 0 atom stereocenters. The molecule has 0 aromatic heterocycles. The van der Waals surface area contributed by atoms with Crippen LogP contribution in [0.3, 0.4) is 0 Å². The number of unbranched alkanes of at least 4 members (excludes halogenated alkanes) is 2. The zero-order valence-electron chi connectivity index (χ0n) is 10.8. The van der Waals surface area contributed by atoms with Gasteiger partial charge in [0.05, 0.1) is 13.2 Å². The van der Waals surface area contributed by atoms with Gasteiger partial charge < -0.3 is 15.4 Å². The molecule has 2 amide bonds. The van der Waals surface area contributed by atoms with Gasteiger partial charge in [-0.05, 0) is 6.42 Å². The normalized spacial score (nSPS) is 16.8. The molecule has 0 aromatic rings. The zero-order valence-corrected chi connectivity index (χ0v) is 10.8. The van der Waals surface area contributed by atoms with Crippen LogP contribution >= 0.6 is 0 Å². The van der Waals surface area contributed by atoms with Gasteiger partial charge in [-0.2, -0.15) is 0 Å². The standard InChI is InChI=1S/C12H25N3O2/c1-2-3-4-5-13-12(16)14-6-7-15-8-10-17-11-9-15/h2-11H2,1H3,(H2,13,14,16). The number of carbonyl (C=O) groups is 1. The topological polar surface area (TPSA) is 53.6 Å². The predicted molar refractivity (Wildman–Crippen MR) is 68.2 cm³/mol. The Balaban J connectivity index is 1.92. The van der Waals surface area contributed by atoms with E-state index in [-0.39, 0.29) is 6.03 Å². The second kappa shape index (κ2) is 9.24. The number of amides is 2. The van der Waals surface area contributed by atoms with Crippen molar-refractivity contribution in [1.29, 1.82) is 0 Å². The summed E-state index contributed by atoms with van der Waals surface area (Å²) in [6.07, 6.45) is 3.42. The van der Waals surface area contributed by atoms with E-state index < -0.39 is 0 Å². The minimum absolute atomic E-state index is 0.0469. The SMILES string of the molecule is CCCCCNC(=O)NCCN1CCOCC1. The van der Waals surface area contributed by atoms with Crippen LogP contribution in [-0.4, -0.2) is 56.9 Å². The number of hydrogen-bond donors (Lipinski definition) is 2. The number of rotatable bonds is 7. The van der Waals surface area contributed by atoms with Crippen LogP contribution in [-0.2, 0) is 4.74 Å². The summed E-state index contributed by atoms with van der Waals surface area (Å²) in [5.74, 6) is 0. The van der Waals surface area contributed by atoms with Crippen molar-refractivity contribution in [1.82, 2.24) is 15.5 Å². The maximum absolute atomic E-state index is 11.4. The maximum Gasteiger partial charge on any atom is 0.314 e. The average molecular weight is 243 g/mol. The molecule has 100 valence electrons. The van der Waals surface area contributed by atoms with Crippen molar-refractivity contribution in [3.8, 4) is 0 Å². The van der Waals surface area contributed by atoms with Crippen LogP contribution in [0, 0.1) is 0 Å². The Morgan fingerprint density at radius 1 is 1.18 bits per heavy atom. The van der Waals surface area contributed by atoms with Crippen LogP contribution in [0.4, 0.5) is 4.79 Å². The lowest BCUT2D eigenvalue weighted by atomic mass is 10.2. The fraction of sp³-hybridized carbons (Fsp3) is 0.917. The molecule has 0 aliphatic carbocycles. The number of morpholine rings is 1. The molecule has 1 fully saturated rings. The molecule has 0 bridgehead atoms. The molecular formula is C12H25N3O2. The van der Waals surface area contributed by atoms with Gasteiger partial charge in [0.25, 0.3) is 0 Å². The number of ether oxygens (including phenoxy) is 1. The van der Waals surface area contributed by atoms with Gasteiger partial charge in [-0.15, -0.1) is 0 Å². The molecule has 5 heteroatoms. The molecule has 0 aromatic carbocycles. The summed E-state index contributed by atoms with van der Waals surface area (Å²) in [5, 5.41) is 5.74. The number of urea groups is 1. The second-order valence-corrected chi connectivity index (χ2v) is 4.34. The molecule has 17 heavy (non-hydrogen) atoms. The van der Waals surface area contributed by atoms with E-state index in [2.05, 4.69) is 22.5 Å². The van der Waals surface area contributed by atoms with Gasteiger partial charge >= 0.3 is 6.03 Å². The van der Waals surface area contributed by atoms with Crippen LogP contribution < -0.4 is 10.6 Å². The third-order valence-corrected chi connectivity index (χ3v) is 2.88. The first-order valence-electron chi connectivity index (χ1n) is 6.64. The van der Waals surface area contributed by atoms with Crippen molar-refractivity contribution in [3.63, 3.8) is 0 Å². The summed E-state index contributed by atoms with van der Waals surface area (Å²) >= 11 is 0. The van der Waals surface area contributed by atoms with Crippen molar-refractivity contribution in [2.75, 3.05) is 45.9 Å². The Kier molecular flexibility index (Phi) is 7.75. The first kappa shape index (κ1) is 14.3. The molecule has 5 nitrogen and oxygen atoms in total. The molecule has 2 N–H and O–H groups in total. The lowest BCUT2D eigenvalue weighted by Crippen LogP contribution is -2.43. The van der Waals surface area contributed by atoms with Crippen molar-refractivity contribution in [2.24, 2.45) is 0 Å². The summed E-state index contributed by atoms with van der Waals surface area (Å²) in [4.78, 5) is 13.7. The van der Waals surface area contributed by atoms with Crippen molar-refractivity contribution < 1.29 is 9.53 Å². The smallest absolute Gasteiger partial charge is 0.314 e. The van der Waals surface area contributed by atoms with Crippen molar-refractivity contribution >= 4 is 6.03 Å². The number of nitrogens with zero attached hydrogens (tertiary/aromatic N) is 1. The molecule has 1 rings (SSSR count). The lowest BCUT2D eigenvalue weighted by molar-refractivity contribution is 0.0387. The van der Waals surface area contributed by atoms with Gasteiger partial charge in [0.15, 0.2) is 0 Å². The summed E-state index contributed by atoms with van der Waals surface area (Å²) in [7, 11) is 0. The van der Waals surface area contributed by atoms with Crippen LogP contribution in [0.15, 0.2) is 0 Å². The van der Waals surface area contributed by atoms with Gasteiger partial charge in [-0.25, -0.2) is 4.79 Å². The van der Waals surface area contributed by atoms with Crippen molar-refractivity contribution in [2.45, 2.75) is 26.2 Å². The third kappa shape index (κ3) is 7.18. The van der Waals surface area contributed by atoms with E-state index in [9.17, 15) is 4.79 Å². The van der Waals surface area contributed by atoms with E-state index in [4.69, 9.17) is 4.74 Å². The van der Waals surface area contributed by atoms with Gasteiger partial charge in [0.1, 0.15) is 0 Å². The number of nitrogens with one attached hydrogen (secondary N) is 2. The highest BCUT2D eigenvalue weighted by atomic mass is 16.5. The average Bonchev–Trinajstić information content (AvgIpc) is 2.36. The molecule has 0 unspecified atom stereocenters. The minimum atomic E-state index is -0.0469. The highest BCUT2D eigenvalue weighted by molar-refractivity contribution is 5.73. The summed E-state index contributed by atoms with van der Waals surface area (Å²) in [6.45, 7) is 8.11. The first-order chi connectivity index (χ1) is 8.33. The molecule has 1 saturated heterocycles. The van der Waals surface area contributed by atoms with Gasteiger partial charge in [-0.3, -0.25) is 4.90 Å². The van der Waals surface area contributed by atoms with Gasteiger partial charge in [0, 0.05) is 32.7 Å². The molecule has 1 aliphatic heterocycles. The fourth-order valence-corrected chi connectivity index (χ4v) is 1.79. The molecule has 0 saturated carbocycles. The van der Waals surface area contributed by atoms with E-state index in [1.54, 1.807) is 0 Å². The van der Waals surface area contributed by atoms with Gasteiger partial charge in [0.2, 0.25) is 0 Å². The monoisotopic (exact) mass is 243 g/mol. The highest BCUT2D eigenvalue weighted by Gasteiger charge is 2.09. The Hall–Kier alpha value is -0.810. The number of carbonyl (C=O) groups excluding carboxylic acids is 1. The second-order valence-electron chi connectivity index (χ2n) is 4.34. The van der Waals surface area contributed by atoms with E-state index >= 15 is 0 Å². The Labute approximate surface area is 104 Å². The van der Waals surface area contributed by atoms with Gasteiger partial charge in [-0.1, -0.05) is 19.8 Å². The first-order valence-corrected chi connectivity index (χ1v) is 6.64. The third-order valence-electron chi connectivity index (χ3n) is 2.88. The van der Waals surface area contributed by atoms with Crippen LogP contribution in [0.5, 0.6) is 0 Å². The molecule has 0 spiro atoms. The summed E-state index contributed by atoms with van der Waals surface area (Å²) < 4.78 is 5.26. The summed E-state index contributed by atoms with van der Waals surface area (Å²) in [5.41, 5.74) is 0. The minimum Gasteiger partial charge on any atom is -0.379 e. The molecule has 0 radical (unpaired) electrons. The summed E-state index contributed by atoms with van der Waals surface area (Å²) in [6, 6.07) is -0.0469. The van der Waals surface area contributed by atoms with Crippen LogP contribution in [0.1, 0.15) is 26.2 Å². The van der Waals surface area contributed by atoms with Crippen LogP contribution in [0.2, 0.25) is 0 Å². The predicted octanol–water partition coefficient (Wildman–Crippen LogP) is 0.808. The van der Waals surface area contributed by atoms with E-state index in [0.29, 0.717) is 6.54 Å². The molecular weight excluding hydrogens is 218 g/mol. The van der Waals surface area contributed by atoms with E-state index in [1.807, 2.05) is 0 Å². The Morgan fingerprint density at radius 3 is 2.59 bits per heavy atom. The van der Waals surface area contributed by atoms with Crippen LogP contribution in [0.25, 0.3) is 0 Å². The largest absolute Gasteiger partial charge is 0.379 e. The van der Waals surface area contributed by atoms with E-state index in [0.717, 1.165) is 45.8 Å². The van der Waals surface area contributed by atoms with Crippen molar-refractivity contribution in [3.05, 3.63) is 0 Å². The molecule has 1 aliphatic rings.